The first kappa shape index (κ1) is 21.2. The van der Waals surface area contributed by atoms with Crippen molar-refractivity contribution in [1.29, 1.82) is 0 Å². The maximum Gasteiger partial charge on any atom is 0.385 e. The average molecular weight is 428 g/mol. The predicted octanol–water partition coefficient (Wildman–Crippen LogP) is 3.56. The monoisotopic (exact) mass is 427 g/mol. The molecule has 0 bridgehead atoms. The van der Waals surface area contributed by atoms with Crippen LogP contribution in [-0.4, -0.2) is 21.6 Å². The fraction of sp³-hybridized carbons (Fsp3) is 0.190. The molecule has 8 nitrogen and oxygen atoms in total. The highest BCUT2D eigenvalue weighted by atomic mass is 35.5. The van der Waals surface area contributed by atoms with Crippen molar-refractivity contribution in [2.45, 2.75) is 27.5 Å². The van der Waals surface area contributed by atoms with Crippen LogP contribution in [0.15, 0.2) is 47.8 Å². The summed E-state index contributed by atoms with van der Waals surface area (Å²) in [6.07, 6.45) is 1.60. The summed E-state index contributed by atoms with van der Waals surface area (Å²) in [6, 6.07) is 10.4. The van der Waals surface area contributed by atoms with Crippen LogP contribution in [0.4, 0.5) is 5.69 Å². The number of hydrogen-bond acceptors (Lipinski definition) is 6. The fourth-order valence-electron chi connectivity index (χ4n) is 2.79. The number of anilines is 1. The Hall–Kier alpha value is -3.52. The van der Waals surface area contributed by atoms with E-state index in [1.54, 1.807) is 31.3 Å². The van der Waals surface area contributed by atoms with E-state index in [0.29, 0.717) is 22.0 Å². The van der Waals surface area contributed by atoms with E-state index in [1.807, 2.05) is 26.0 Å². The van der Waals surface area contributed by atoms with Crippen molar-refractivity contribution in [2.24, 2.45) is 10.9 Å². The molecule has 3 rings (SSSR count). The third kappa shape index (κ3) is 4.72. The van der Waals surface area contributed by atoms with E-state index in [4.69, 9.17) is 32.6 Å². The molecule has 0 atom stereocenters. The molecule has 0 aliphatic carbocycles. The Morgan fingerprint density at radius 1 is 1.20 bits per heavy atom. The summed E-state index contributed by atoms with van der Waals surface area (Å²) in [4.78, 5) is 17.1. The SMILES string of the molecule is Cc1cc(OCn2ccc(C(=O)O/N=C(\N)c3cccc(N)c3C)n2)cc(C)c1Cl. The zero-order valence-corrected chi connectivity index (χ0v) is 17.6. The number of carbonyl (C=O) groups excluding carboxylic acids is 1. The standard InChI is InChI=1S/C21H22ClN5O3/c1-12-9-15(10-13(2)19(12)22)29-11-27-8-7-18(25-27)21(28)30-26-20(24)16-5-4-6-17(23)14(16)3/h4-10H,11,23H2,1-3H3,(H2,24,26). The Morgan fingerprint density at radius 2 is 1.90 bits per heavy atom. The Labute approximate surface area is 179 Å². The number of oxime groups is 1. The lowest BCUT2D eigenvalue weighted by atomic mass is 10.1. The van der Waals surface area contributed by atoms with Gasteiger partial charge in [-0.05, 0) is 61.7 Å². The van der Waals surface area contributed by atoms with Crippen molar-refractivity contribution in [3.05, 3.63) is 75.6 Å². The third-order valence-electron chi connectivity index (χ3n) is 4.50. The summed E-state index contributed by atoms with van der Waals surface area (Å²) < 4.78 is 7.18. The topological polar surface area (TPSA) is 118 Å². The first-order valence-electron chi connectivity index (χ1n) is 9.09. The highest BCUT2D eigenvalue weighted by molar-refractivity contribution is 6.32. The van der Waals surface area contributed by atoms with Crippen LogP contribution in [0.1, 0.15) is 32.7 Å². The second-order valence-corrected chi connectivity index (χ2v) is 7.14. The van der Waals surface area contributed by atoms with Gasteiger partial charge in [-0.2, -0.15) is 5.10 Å². The van der Waals surface area contributed by atoms with Gasteiger partial charge in [0.15, 0.2) is 18.3 Å². The highest BCUT2D eigenvalue weighted by Crippen LogP contribution is 2.26. The minimum atomic E-state index is -0.739. The molecule has 9 heteroatoms. The van der Waals surface area contributed by atoms with Crippen molar-refractivity contribution in [3.63, 3.8) is 0 Å². The lowest BCUT2D eigenvalue weighted by Gasteiger charge is -2.10. The molecule has 0 aliphatic heterocycles. The summed E-state index contributed by atoms with van der Waals surface area (Å²) in [5.41, 5.74) is 15.6. The van der Waals surface area contributed by atoms with Gasteiger partial charge in [0.1, 0.15) is 5.75 Å². The Kier molecular flexibility index (Phi) is 6.27. The number of aryl methyl sites for hydroxylation is 2. The van der Waals surface area contributed by atoms with Crippen LogP contribution in [0, 0.1) is 20.8 Å². The van der Waals surface area contributed by atoms with Gasteiger partial charge in [0.25, 0.3) is 0 Å². The number of benzene rings is 2. The Bertz CT molecular complexity index is 1100. The lowest BCUT2D eigenvalue weighted by molar-refractivity contribution is 0.0507. The van der Waals surface area contributed by atoms with Crippen molar-refractivity contribution in [2.75, 3.05) is 5.73 Å². The molecule has 0 unspecified atom stereocenters. The quantitative estimate of drug-likeness (QED) is 0.204. The van der Waals surface area contributed by atoms with Gasteiger partial charge in [-0.15, -0.1) is 0 Å². The van der Waals surface area contributed by atoms with E-state index < -0.39 is 5.97 Å². The van der Waals surface area contributed by atoms with E-state index >= 15 is 0 Å². The second kappa shape index (κ2) is 8.87. The molecule has 156 valence electrons. The van der Waals surface area contributed by atoms with Gasteiger partial charge in [0.05, 0.1) is 0 Å². The molecule has 0 saturated carbocycles. The van der Waals surface area contributed by atoms with Crippen LogP contribution in [0.5, 0.6) is 5.75 Å². The summed E-state index contributed by atoms with van der Waals surface area (Å²) in [5.74, 6) is -0.0373. The van der Waals surface area contributed by atoms with E-state index in [-0.39, 0.29) is 18.3 Å². The van der Waals surface area contributed by atoms with Crippen molar-refractivity contribution in [3.8, 4) is 5.75 Å². The summed E-state index contributed by atoms with van der Waals surface area (Å²) >= 11 is 6.16. The minimum Gasteiger partial charge on any atom is -0.471 e. The molecule has 0 spiro atoms. The van der Waals surface area contributed by atoms with Crippen LogP contribution >= 0.6 is 11.6 Å². The Morgan fingerprint density at radius 3 is 2.60 bits per heavy atom. The molecule has 0 fully saturated rings. The molecule has 0 radical (unpaired) electrons. The Balaban J connectivity index is 1.63. The summed E-state index contributed by atoms with van der Waals surface area (Å²) in [5, 5.41) is 8.54. The second-order valence-electron chi connectivity index (χ2n) is 6.76. The first-order valence-corrected chi connectivity index (χ1v) is 9.47. The van der Waals surface area contributed by atoms with Crippen LogP contribution in [0.3, 0.4) is 0 Å². The van der Waals surface area contributed by atoms with Gasteiger partial charge in [0.2, 0.25) is 0 Å². The number of nitrogen functional groups attached to an aromatic ring is 1. The fourth-order valence-corrected chi connectivity index (χ4v) is 2.90. The molecule has 0 aliphatic rings. The van der Waals surface area contributed by atoms with E-state index in [9.17, 15) is 4.79 Å². The number of aromatic nitrogens is 2. The summed E-state index contributed by atoms with van der Waals surface area (Å²) in [6.45, 7) is 5.73. The highest BCUT2D eigenvalue weighted by Gasteiger charge is 2.13. The number of nitrogens with zero attached hydrogens (tertiary/aromatic N) is 3. The number of ether oxygens (including phenoxy) is 1. The number of rotatable bonds is 6. The maximum absolute atomic E-state index is 12.2. The zero-order valence-electron chi connectivity index (χ0n) is 16.8. The molecule has 2 aromatic carbocycles. The van der Waals surface area contributed by atoms with Gasteiger partial charge in [-0.3, -0.25) is 0 Å². The molecule has 0 amide bonds. The molecular weight excluding hydrogens is 406 g/mol. The zero-order chi connectivity index (χ0) is 21.8. The van der Waals surface area contributed by atoms with Crippen LogP contribution in [0.2, 0.25) is 5.02 Å². The number of nitrogens with two attached hydrogens (primary N) is 2. The smallest absolute Gasteiger partial charge is 0.385 e. The molecule has 1 aromatic heterocycles. The van der Waals surface area contributed by atoms with Crippen molar-refractivity contribution in [1.82, 2.24) is 9.78 Å². The van der Waals surface area contributed by atoms with Gasteiger partial charge < -0.3 is 21.0 Å². The van der Waals surface area contributed by atoms with E-state index in [0.717, 1.165) is 16.7 Å². The molecule has 3 aromatic rings. The summed E-state index contributed by atoms with van der Waals surface area (Å²) in [7, 11) is 0. The maximum atomic E-state index is 12.2. The van der Waals surface area contributed by atoms with Gasteiger partial charge in [-0.25, -0.2) is 9.48 Å². The van der Waals surface area contributed by atoms with Crippen LogP contribution in [0.25, 0.3) is 0 Å². The first-order chi connectivity index (χ1) is 14.3. The average Bonchev–Trinajstić information content (AvgIpc) is 3.19. The van der Waals surface area contributed by atoms with E-state index in [1.165, 1.54) is 10.7 Å². The number of carbonyl (C=O) groups is 1. The number of halogens is 1. The van der Waals surface area contributed by atoms with Gasteiger partial charge in [0, 0.05) is 22.5 Å². The molecule has 1 heterocycles. The van der Waals surface area contributed by atoms with Gasteiger partial charge >= 0.3 is 5.97 Å². The molecule has 4 N–H and O–H groups in total. The lowest BCUT2D eigenvalue weighted by Crippen LogP contribution is -2.17. The molecular formula is C21H22ClN5O3. The van der Waals surface area contributed by atoms with Crippen molar-refractivity contribution < 1.29 is 14.4 Å². The normalized spacial score (nSPS) is 11.4. The number of amidine groups is 1. The van der Waals surface area contributed by atoms with Crippen molar-refractivity contribution >= 4 is 29.1 Å². The minimum absolute atomic E-state index is 0.0457. The predicted molar refractivity (Wildman–Crippen MR) is 116 cm³/mol. The molecule has 30 heavy (non-hydrogen) atoms. The van der Waals surface area contributed by atoms with E-state index in [2.05, 4.69) is 10.3 Å². The third-order valence-corrected chi connectivity index (χ3v) is 5.10. The van der Waals surface area contributed by atoms with Crippen LogP contribution < -0.4 is 16.2 Å². The van der Waals surface area contributed by atoms with Crippen LogP contribution in [-0.2, 0) is 11.6 Å². The molecule has 0 saturated heterocycles. The largest absolute Gasteiger partial charge is 0.471 e. The number of hydrogen-bond donors (Lipinski definition) is 2. The van der Waals surface area contributed by atoms with Gasteiger partial charge in [-0.1, -0.05) is 28.9 Å².